The molecule has 0 unspecified atom stereocenters. The standard InChI is InChI=1S/C27H27NO4/c1-19-16-25(29)23-12-13-26(31-18-21-8-10-22(30-2)11-9-21)24(27(23)32-19)17-28-15-14-20-6-4-3-5-7-20/h3-13,16,28H,14-15,17-18H2,1-2H3. The molecule has 164 valence electrons. The quantitative estimate of drug-likeness (QED) is 0.379. The zero-order chi connectivity index (χ0) is 22.3. The van der Waals surface area contributed by atoms with Gasteiger partial charge in [-0.1, -0.05) is 42.5 Å². The summed E-state index contributed by atoms with van der Waals surface area (Å²) in [6.45, 7) is 3.53. The summed E-state index contributed by atoms with van der Waals surface area (Å²) in [5.41, 5.74) is 3.69. The molecular formula is C27H27NO4. The molecule has 32 heavy (non-hydrogen) atoms. The lowest BCUT2D eigenvalue weighted by atomic mass is 10.1. The first-order valence-corrected chi connectivity index (χ1v) is 10.7. The van der Waals surface area contributed by atoms with Crippen LogP contribution in [0.3, 0.4) is 0 Å². The topological polar surface area (TPSA) is 60.7 Å². The zero-order valence-corrected chi connectivity index (χ0v) is 18.4. The first-order valence-electron chi connectivity index (χ1n) is 10.7. The molecule has 0 bridgehead atoms. The van der Waals surface area contributed by atoms with Crippen LogP contribution in [-0.4, -0.2) is 13.7 Å². The van der Waals surface area contributed by atoms with Crippen LogP contribution in [0.25, 0.3) is 11.0 Å². The van der Waals surface area contributed by atoms with E-state index in [1.807, 2.05) is 48.5 Å². The first kappa shape index (κ1) is 21.7. The molecule has 3 aromatic carbocycles. The highest BCUT2D eigenvalue weighted by Gasteiger charge is 2.14. The lowest BCUT2D eigenvalue weighted by molar-refractivity contribution is 0.301. The predicted octanol–water partition coefficient (Wildman–Crippen LogP) is 5.02. The molecule has 1 heterocycles. The van der Waals surface area contributed by atoms with Crippen LogP contribution in [0.4, 0.5) is 0 Å². The number of fused-ring (bicyclic) bond motifs is 1. The fraction of sp³-hybridized carbons (Fsp3) is 0.222. The molecule has 0 amide bonds. The summed E-state index contributed by atoms with van der Waals surface area (Å²) in [4.78, 5) is 12.5. The number of aryl methyl sites for hydroxylation is 1. The fourth-order valence-corrected chi connectivity index (χ4v) is 3.65. The van der Waals surface area contributed by atoms with Gasteiger partial charge in [-0.3, -0.25) is 4.79 Å². The summed E-state index contributed by atoms with van der Waals surface area (Å²) in [6.07, 6.45) is 0.913. The minimum Gasteiger partial charge on any atom is -0.497 e. The van der Waals surface area contributed by atoms with E-state index in [2.05, 4.69) is 17.4 Å². The van der Waals surface area contributed by atoms with Crippen LogP contribution >= 0.6 is 0 Å². The van der Waals surface area contributed by atoms with Crippen molar-refractivity contribution in [3.8, 4) is 11.5 Å². The summed E-state index contributed by atoms with van der Waals surface area (Å²) in [5, 5.41) is 4.04. The van der Waals surface area contributed by atoms with Gasteiger partial charge in [0.15, 0.2) is 5.43 Å². The lowest BCUT2D eigenvalue weighted by Crippen LogP contribution is -2.18. The van der Waals surface area contributed by atoms with Crippen LogP contribution in [0.2, 0.25) is 0 Å². The maximum atomic E-state index is 12.5. The van der Waals surface area contributed by atoms with Gasteiger partial charge in [0.05, 0.1) is 18.1 Å². The van der Waals surface area contributed by atoms with Gasteiger partial charge in [-0.15, -0.1) is 0 Å². The van der Waals surface area contributed by atoms with Crippen molar-refractivity contribution in [3.63, 3.8) is 0 Å². The van der Waals surface area contributed by atoms with E-state index < -0.39 is 0 Å². The van der Waals surface area contributed by atoms with E-state index >= 15 is 0 Å². The van der Waals surface area contributed by atoms with Crippen LogP contribution in [-0.2, 0) is 19.6 Å². The second kappa shape index (κ2) is 10.2. The van der Waals surface area contributed by atoms with E-state index in [-0.39, 0.29) is 5.43 Å². The fourth-order valence-electron chi connectivity index (χ4n) is 3.65. The zero-order valence-electron chi connectivity index (χ0n) is 18.4. The van der Waals surface area contributed by atoms with Gasteiger partial charge in [-0.05, 0) is 55.3 Å². The van der Waals surface area contributed by atoms with E-state index in [0.717, 1.165) is 29.8 Å². The number of rotatable bonds is 9. The van der Waals surface area contributed by atoms with Gasteiger partial charge in [-0.25, -0.2) is 0 Å². The Hall–Kier alpha value is -3.57. The Balaban J connectivity index is 1.55. The molecule has 4 aromatic rings. The van der Waals surface area contributed by atoms with Crippen LogP contribution in [0.5, 0.6) is 11.5 Å². The third-order valence-corrected chi connectivity index (χ3v) is 5.37. The van der Waals surface area contributed by atoms with Crippen molar-refractivity contribution < 1.29 is 13.9 Å². The normalized spacial score (nSPS) is 10.9. The molecule has 0 aliphatic rings. The van der Waals surface area contributed by atoms with E-state index in [4.69, 9.17) is 13.9 Å². The summed E-state index contributed by atoms with van der Waals surface area (Å²) < 4.78 is 17.3. The van der Waals surface area contributed by atoms with Gasteiger partial charge in [0.1, 0.15) is 29.4 Å². The molecule has 0 saturated carbocycles. The van der Waals surface area contributed by atoms with Crippen molar-refractivity contribution in [2.75, 3.05) is 13.7 Å². The Bertz CT molecular complexity index is 1230. The highest BCUT2D eigenvalue weighted by atomic mass is 16.5. The Morgan fingerprint density at radius 1 is 0.938 bits per heavy atom. The predicted molar refractivity (Wildman–Crippen MR) is 126 cm³/mol. The van der Waals surface area contributed by atoms with Gasteiger partial charge in [0.2, 0.25) is 0 Å². The van der Waals surface area contributed by atoms with Gasteiger partial charge in [-0.2, -0.15) is 0 Å². The second-order valence-corrected chi connectivity index (χ2v) is 7.69. The third kappa shape index (κ3) is 5.18. The summed E-state index contributed by atoms with van der Waals surface area (Å²) >= 11 is 0. The molecule has 4 rings (SSSR count). The Morgan fingerprint density at radius 2 is 1.72 bits per heavy atom. The maximum Gasteiger partial charge on any atom is 0.192 e. The van der Waals surface area contributed by atoms with E-state index in [0.29, 0.717) is 35.6 Å². The summed E-state index contributed by atoms with van der Waals surface area (Å²) in [6, 6.07) is 23.3. The van der Waals surface area contributed by atoms with Crippen molar-refractivity contribution >= 4 is 11.0 Å². The highest BCUT2D eigenvalue weighted by molar-refractivity contribution is 5.82. The number of benzene rings is 3. The minimum absolute atomic E-state index is 0.0454. The van der Waals surface area contributed by atoms with Gasteiger partial charge >= 0.3 is 0 Å². The second-order valence-electron chi connectivity index (χ2n) is 7.69. The van der Waals surface area contributed by atoms with Crippen molar-refractivity contribution in [3.05, 3.63) is 105 Å². The average molecular weight is 430 g/mol. The SMILES string of the molecule is COc1ccc(COc2ccc3c(=O)cc(C)oc3c2CNCCc2ccccc2)cc1. The molecule has 0 saturated heterocycles. The van der Waals surface area contributed by atoms with Gasteiger partial charge in [0.25, 0.3) is 0 Å². The Kier molecular flexibility index (Phi) is 6.87. The lowest BCUT2D eigenvalue weighted by Gasteiger charge is -2.15. The monoisotopic (exact) mass is 429 g/mol. The number of hydrogen-bond acceptors (Lipinski definition) is 5. The molecular weight excluding hydrogens is 402 g/mol. The molecule has 0 aliphatic carbocycles. The number of nitrogens with one attached hydrogen (secondary N) is 1. The molecule has 5 heteroatoms. The largest absolute Gasteiger partial charge is 0.497 e. The Morgan fingerprint density at radius 3 is 2.47 bits per heavy atom. The third-order valence-electron chi connectivity index (χ3n) is 5.37. The molecule has 0 aliphatic heterocycles. The molecule has 1 N–H and O–H groups in total. The van der Waals surface area contributed by atoms with E-state index in [1.54, 1.807) is 20.1 Å². The number of hydrogen-bond donors (Lipinski definition) is 1. The van der Waals surface area contributed by atoms with Crippen molar-refractivity contribution in [2.45, 2.75) is 26.5 Å². The summed E-state index contributed by atoms with van der Waals surface area (Å²) in [5.74, 6) is 2.09. The summed E-state index contributed by atoms with van der Waals surface area (Å²) in [7, 11) is 1.65. The maximum absolute atomic E-state index is 12.5. The van der Waals surface area contributed by atoms with E-state index in [1.165, 1.54) is 11.6 Å². The molecule has 0 fully saturated rings. The van der Waals surface area contributed by atoms with Gasteiger partial charge < -0.3 is 19.2 Å². The highest BCUT2D eigenvalue weighted by Crippen LogP contribution is 2.28. The van der Waals surface area contributed by atoms with E-state index in [9.17, 15) is 4.79 Å². The smallest absolute Gasteiger partial charge is 0.192 e. The molecule has 0 radical (unpaired) electrons. The van der Waals surface area contributed by atoms with Crippen molar-refractivity contribution in [2.24, 2.45) is 0 Å². The average Bonchev–Trinajstić information content (AvgIpc) is 2.82. The first-order chi connectivity index (χ1) is 15.6. The van der Waals surface area contributed by atoms with Crippen LogP contribution in [0.15, 0.2) is 82.0 Å². The van der Waals surface area contributed by atoms with Crippen LogP contribution in [0, 0.1) is 6.92 Å². The number of ether oxygens (including phenoxy) is 2. The molecule has 0 atom stereocenters. The Labute approximate surface area is 187 Å². The van der Waals surface area contributed by atoms with Gasteiger partial charge in [0, 0.05) is 12.6 Å². The van der Waals surface area contributed by atoms with Crippen LogP contribution in [0.1, 0.15) is 22.5 Å². The van der Waals surface area contributed by atoms with Crippen LogP contribution < -0.4 is 20.2 Å². The minimum atomic E-state index is -0.0454. The van der Waals surface area contributed by atoms with Crippen molar-refractivity contribution in [1.82, 2.24) is 5.32 Å². The molecule has 5 nitrogen and oxygen atoms in total. The number of methoxy groups -OCH3 is 1. The molecule has 0 spiro atoms. The molecule has 1 aromatic heterocycles. The van der Waals surface area contributed by atoms with Crippen molar-refractivity contribution in [1.29, 1.82) is 0 Å².